The number of likely N-dealkylation sites (tertiary alicyclic amines) is 1. The van der Waals surface area contributed by atoms with E-state index in [-0.39, 0.29) is 11.9 Å². The van der Waals surface area contributed by atoms with E-state index >= 15 is 0 Å². The van der Waals surface area contributed by atoms with Crippen LogP contribution in [0.4, 0.5) is 0 Å². The second-order valence-corrected chi connectivity index (χ2v) is 4.57. The first-order valence-electron chi connectivity index (χ1n) is 6.34. The van der Waals surface area contributed by atoms with E-state index in [9.17, 15) is 4.79 Å². The lowest BCUT2D eigenvalue weighted by Crippen LogP contribution is -2.39. The van der Waals surface area contributed by atoms with E-state index in [1.807, 2.05) is 30.3 Å². The first-order chi connectivity index (χ1) is 8.74. The van der Waals surface area contributed by atoms with Gasteiger partial charge in [0.1, 0.15) is 6.04 Å². The summed E-state index contributed by atoms with van der Waals surface area (Å²) < 4.78 is 0. The summed E-state index contributed by atoms with van der Waals surface area (Å²) >= 11 is 0. The van der Waals surface area contributed by atoms with E-state index in [4.69, 9.17) is 4.84 Å². The molecule has 4 heteroatoms. The Bertz CT molecular complexity index is 388. The highest BCUT2D eigenvalue weighted by molar-refractivity contribution is 5.82. The van der Waals surface area contributed by atoms with Crippen molar-refractivity contribution in [3.63, 3.8) is 0 Å². The van der Waals surface area contributed by atoms with E-state index in [0.29, 0.717) is 0 Å². The molecule has 0 radical (unpaired) electrons. The van der Waals surface area contributed by atoms with Gasteiger partial charge in [0, 0.05) is 7.05 Å². The van der Waals surface area contributed by atoms with E-state index in [0.717, 1.165) is 31.5 Å². The average Bonchev–Trinajstić information content (AvgIpc) is 2.93. The van der Waals surface area contributed by atoms with Crippen LogP contribution in [0.15, 0.2) is 30.3 Å². The van der Waals surface area contributed by atoms with Crippen LogP contribution < -0.4 is 0 Å². The van der Waals surface area contributed by atoms with E-state index in [1.165, 1.54) is 12.2 Å². The molecule has 1 heterocycles. The summed E-state index contributed by atoms with van der Waals surface area (Å²) in [5.74, 6) is -0.00870. The van der Waals surface area contributed by atoms with Crippen molar-refractivity contribution in [2.24, 2.45) is 0 Å². The van der Waals surface area contributed by atoms with Gasteiger partial charge in [-0.2, -0.15) is 0 Å². The van der Waals surface area contributed by atoms with Crippen molar-refractivity contribution in [3.8, 4) is 0 Å². The first kappa shape index (κ1) is 13.1. The second-order valence-electron chi connectivity index (χ2n) is 4.57. The number of nitrogens with zero attached hydrogens (tertiary/aromatic N) is 2. The average molecular weight is 248 g/mol. The number of hydrogen-bond donors (Lipinski definition) is 0. The van der Waals surface area contributed by atoms with Crippen LogP contribution in [0.2, 0.25) is 0 Å². The smallest absolute Gasteiger partial charge is 0.267 e. The molecule has 1 aromatic carbocycles. The topological polar surface area (TPSA) is 32.8 Å². The highest BCUT2D eigenvalue weighted by atomic mass is 16.7. The molecule has 0 bridgehead atoms. The third-order valence-corrected chi connectivity index (χ3v) is 3.44. The molecule has 0 unspecified atom stereocenters. The van der Waals surface area contributed by atoms with Gasteiger partial charge in [-0.1, -0.05) is 30.3 Å². The van der Waals surface area contributed by atoms with Gasteiger partial charge in [0.2, 0.25) is 0 Å². The molecule has 4 nitrogen and oxygen atoms in total. The monoisotopic (exact) mass is 248 g/mol. The van der Waals surface area contributed by atoms with Crippen molar-refractivity contribution < 1.29 is 9.63 Å². The second kappa shape index (κ2) is 5.98. The van der Waals surface area contributed by atoms with Crippen molar-refractivity contribution in [2.75, 3.05) is 27.2 Å². The maximum atomic E-state index is 12.4. The van der Waals surface area contributed by atoms with Crippen LogP contribution in [-0.4, -0.2) is 43.1 Å². The third-order valence-electron chi connectivity index (χ3n) is 3.44. The fourth-order valence-electron chi connectivity index (χ4n) is 2.41. The number of benzene rings is 1. The van der Waals surface area contributed by atoms with Gasteiger partial charge in [0.15, 0.2) is 0 Å². The number of carbonyl (C=O) groups is 1. The first-order valence-corrected chi connectivity index (χ1v) is 6.34. The van der Waals surface area contributed by atoms with Crippen LogP contribution >= 0.6 is 0 Å². The molecule has 1 atom stereocenters. The van der Waals surface area contributed by atoms with Crippen LogP contribution in [0.3, 0.4) is 0 Å². The lowest BCUT2D eigenvalue weighted by molar-refractivity contribution is -0.174. The summed E-state index contributed by atoms with van der Waals surface area (Å²) in [7, 11) is 3.18. The molecule has 1 amide bonds. The summed E-state index contributed by atoms with van der Waals surface area (Å²) in [6, 6.07) is 9.69. The van der Waals surface area contributed by atoms with Crippen molar-refractivity contribution in [2.45, 2.75) is 18.9 Å². The third kappa shape index (κ3) is 2.71. The van der Waals surface area contributed by atoms with Crippen molar-refractivity contribution in [1.29, 1.82) is 0 Å². The Morgan fingerprint density at radius 3 is 2.44 bits per heavy atom. The molecular formula is C14H20N2O2. The maximum absolute atomic E-state index is 12.4. The molecular weight excluding hydrogens is 228 g/mol. The summed E-state index contributed by atoms with van der Waals surface area (Å²) in [5.41, 5.74) is 1.04. The van der Waals surface area contributed by atoms with Crippen LogP contribution in [0.25, 0.3) is 0 Å². The number of likely N-dealkylation sites (N-methyl/N-ethyl adjacent to an activating group) is 1. The Hall–Kier alpha value is -1.39. The molecule has 1 saturated heterocycles. The van der Waals surface area contributed by atoms with Crippen LogP contribution in [-0.2, 0) is 9.63 Å². The number of rotatable bonds is 4. The zero-order valence-electron chi connectivity index (χ0n) is 11.0. The van der Waals surface area contributed by atoms with E-state index in [2.05, 4.69) is 4.90 Å². The summed E-state index contributed by atoms with van der Waals surface area (Å²) in [5, 5.41) is 1.32. The summed E-state index contributed by atoms with van der Waals surface area (Å²) in [6.07, 6.45) is 2.32. The van der Waals surface area contributed by atoms with Crippen molar-refractivity contribution in [1.82, 2.24) is 9.96 Å². The predicted molar refractivity (Wildman–Crippen MR) is 69.8 cm³/mol. The SMILES string of the molecule is CON(C)C(=O)[C@@H](c1ccccc1)N1CCCC1. The van der Waals surface area contributed by atoms with Crippen LogP contribution in [0, 0.1) is 0 Å². The Morgan fingerprint density at radius 2 is 1.89 bits per heavy atom. The molecule has 1 fully saturated rings. The van der Waals surface area contributed by atoms with Gasteiger partial charge in [-0.25, -0.2) is 5.06 Å². The van der Waals surface area contributed by atoms with Crippen LogP contribution in [0.1, 0.15) is 24.4 Å². The molecule has 18 heavy (non-hydrogen) atoms. The van der Waals surface area contributed by atoms with Crippen molar-refractivity contribution >= 4 is 5.91 Å². The Kier molecular flexibility index (Phi) is 4.33. The normalized spacial score (nSPS) is 17.7. The highest BCUT2D eigenvalue weighted by Crippen LogP contribution is 2.26. The molecule has 0 saturated carbocycles. The summed E-state index contributed by atoms with van der Waals surface area (Å²) in [4.78, 5) is 19.7. The standard InChI is InChI=1S/C14H20N2O2/c1-15(18-2)14(17)13(16-10-6-7-11-16)12-8-4-3-5-9-12/h3-5,8-9,13H,6-7,10-11H2,1-2H3/t13-/m1/s1. The minimum absolute atomic E-state index is 0.00870. The van der Waals surface area contributed by atoms with E-state index in [1.54, 1.807) is 7.05 Å². The Balaban J connectivity index is 2.25. The summed E-state index contributed by atoms with van der Waals surface area (Å²) in [6.45, 7) is 1.95. The van der Waals surface area contributed by atoms with Gasteiger partial charge in [0.05, 0.1) is 7.11 Å². The minimum Gasteiger partial charge on any atom is -0.288 e. The quantitative estimate of drug-likeness (QED) is 0.762. The largest absolute Gasteiger partial charge is 0.288 e. The van der Waals surface area contributed by atoms with Crippen molar-refractivity contribution in [3.05, 3.63) is 35.9 Å². The molecule has 98 valence electrons. The molecule has 0 N–H and O–H groups in total. The fraction of sp³-hybridized carbons (Fsp3) is 0.500. The number of hydrogen-bond acceptors (Lipinski definition) is 3. The lowest BCUT2D eigenvalue weighted by atomic mass is 10.0. The van der Waals surface area contributed by atoms with Gasteiger partial charge in [-0.3, -0.25) is 14.5 Å². The molecule has 0 aromatic heterocycles. The maximum Gasteiger partial charge on any atom is 0.267 e. The van der Waals surface area contributed by atoms with E-state index < -0.39 is 0 Å². The minimum atomic E-state index is -0.223. The zero-order chi connectivity index (χ0) is 13.0. The number of carbonyl (C=O) groups excluding carboxylic acids is 1. The molecule has 1 aliphatic heterocycles. The molecule has 2 rings (SSSR count). The molecule has 1 aromatic rings. The number of amides is 1. The fourth-order valence-corrected chi connectivity index (χ4v) is 2.41. The Morgan fingerprint density at radius 1 is 1.28 bits per heavy atom. The van der Waals surface area contributed by atoms with Crippen LogP contribution in [0.5, 0.6) is 0 Å². The lowest BCUT2D eigenvalue weighted by Gasteiger charge is -2.29. The Labute approximate surface area is 108 Å². The highest BCUT2D eigenvalue weighted by Gasteiger charge is 2.31. The molecule has 0 aliphatic carbocycles. The van der Waals surface area contributed by atoms with Gasteiger partial charge >= 0.3 is 0 Å². The zero-order valence-corrected chi connectivity index (χ0v) is 11.0. The van der Waals surface area contributed by atoms with Gasteiger partial charge in [-0.05, 0) is 31.5 Å². The van der Waals surface area contributed by atoms with Gasteiger partial charge in [-0.15, -0.1) is 0 Å². The number of hydroxylamine groups is 2. The van der Waals surface area contributed by atoms with Gasteiger partial charge in [0.25, 0.3) is 5.91 Å². The molecule has 1 aliphatic rings. The van der Waals surface area contributed by atoms with Gasteiger partial charge < -0.3 is 0 Å². The molecule has 0 spiro atoms. The predicted octanol–water partition coefficient (Wildman–Crippen LogP) is 1.84.